The zero-order chi connectivity index (χ0) is 12.8. The number of hydrogen-bond donors (Lipinski definition) is 1. The molecule has 1 aromatic heterocycles. The Morgan fingerprint density at radius 3 is 2.89 bits per heavy atom. The van der Waals surface area contributed by atoms with Crippen molar-refractivity contribution in [2.24, 2.45) is 5.73 Å². The first kappa shape index (κ1) is 13.1. The van der Waals surface area contributed by atoms with Gasteiger partial charge in [0.1, 0.15) is 0 Å². The SMILES string of the molecule is Cc1cccc(SCC(N)Cc2cccnc2)c1. The molecule has 1 aromatic carbocycles. The number of nitrogens with two attached hydrogens (primary N) is 1. The Morgan fingerprint density at radius 1 is 1.28 bits per heavy atom. The van der Waals surface area contributed by atoms with Gasteiger partial charge in [0, 0.05) is 29.1 Å². The Morgan fingerprint density at radius 2 is 2.17 bits per heavy atom. The third kappa shape index (κ3) is 4.17. The zero-order valence-electron chi connectivity index (χ0n) is 10.5. The van der Waals surface area contributed by atoms with E-state index in [-0.39, 0.29) is 6.04 Å². The molecule has 1 atom stereocenters. The highest BCUT2D eigenvalue weighted by atomic mass is 32.2. The molecule has 2 N–H and O–H groups in total. The van der Waals surface area contributed by atoms with Gasteiger partial charge in [-0.3, -0.25) is 4.98 Å². The first-order chi connectivity index (χ1) is 8.74. The Bertz CT molecular complexity index is 485. The average Bonchev–Trinajstić information content (AvgIpc) is 2.38. The summed E-state index contributed by atoms with van der Waals surface area (Å²) in [5.41, 5.74) is 8.64. The number of hydrogen-bond acceptors (Lipinski definition) is 3. The quantitative estimate of drug-likeness (QED) is 0.838. The summed E-state index contributed by atoms with van der Waals surface area (Å²) in [6, 6.07) is 12.7. The largest absolute Gasteiger partial charge is 0.327 e. The summed E-state index contributed by atoms with van der Waals surface area (Å²) in [5.74, 6) is 0.929. The lowest BCUT2D eigenvalue weighted by atomic mass is 10.1. The van der Waals surface area contributed by atoms with Gasteiger partial charge < -0.3 is 5.73 Å². The predicted octanol–water partition coefficient (Wildman–Crippen LogP) is 3.05. The van der Waals surface area contributed by atoms with Crippen LogP contribution in [0.1, 0.15) is 11.1 Å². The smallest absolute Gasteiger partial charge is 0.0300 e. The van der Waals surface area contributed by atoms with Crippen LogP contribution in [0.25, 0.3) is 0 Å². The minimum absolute atomic E-state index is 0.166. The maximum absolute atomic E-state index is 6.14. The standard InChI is InChI=1S/C15H18N2S/c1-12-4-2-6-15(8-12)18-11-14(16)9-13-5-3-7-17-10-13/h2-8,10,14H,9,11,16H2,1H3. The molecule has 2 aromatic rings. The van der Waals surface area contributed by atoms with Gasteiger partial charge in [0.15, 0.2) is 0 Å². The van der Waals surface area contributed by atoms with Crippen molar-refractivity contribution in [1.82, 2.24) is 4.98 Å². The maximum atomic E-state index is 6.14. The summed E-state index contributed by atoms with van der Waals surface area (Å²) in [6.45, 7) is 2.11. The van der Waals surface area contributed by atoms with Crippen molar-refractivity contribution in [2.45, 2.75) is 24.3 Å². The molecular weight excluding hydrogens is 240 g/mol. The van der Waals surface area contributed by atoms with E-state index in [9.17, 15) is 0 Å². The van der Waals surface area contributed by atoms with Crippen LogP contribution in [-0.4, -0.2) is 16.8 Å². The molecule has 3 heteroatoms. The molecule has 0 aliphatic heterocycles. The summed E-state index contributed by atoms with van der Waals surface area (Å²) in [4.78, 5) is 5.39. The Kier molecular flexibility index (Phi) is 4.79. The molecule has 94 valence electrons. The van der Waals surface area contributed by atoms with Crippen LogP contribution in [0, 0.1) is 6.92 Å². The zero-order valence-corrected chi connectivity index (χ0v) is 11.4. The highest BCUT2D eigenvalue weighted by molar-refractivity contribution is 7.99. The van der Waals surface area contributed by atoms with Gasteiger partial charge in [0.2, 0.25) is 0 Å². The molecule has 0 aliphatic rings. The van der Waals surface area contributed by atoms with Gasteiger partial charge in [-0.1, -0.05) is 23.8 Å². The van der Waals surface area contributed by atoms with Gasteiger partial charge in [-0.25, -0.2) is 0 Å². The second kappa shape index (κ2) is 6.57. The molecule has 0 bridgehead atoms. The number of thioether (sulfide) groups is 1. The molecule has 0 saturated heterocycles. The van der Waals surface area contributed by atoms with Crippen LogP contribution >= 0.6 is 11.8 Å². The van der Waals surface area contributed by atoms with Crippen LogP contribution in [0.15, 0.2) is 53.7 Å². The van der Waals surface area contributed by atoms with Gasteiger partial charge in [-0.15, -0.1) is 11.8 Å². The number of benzene rings is 1. The first-order valence-corrected chi connectivity index (χ1v) is 7.06. The van der Waals surface area contributed by atoms with E-state index in [0.29, 0.717) is 0 Å². The minimum atomic E-state index is 0.166. The molecule has 0 amide bonds. The van der Waals surface area contributed by atoms with Crippen molar-refractivity contribution in [3.63, 3.8) is 0 Å². The highest BCUT2D eigenvalue weighted by Gasteiger charge is 2.05. The maximum Gasteiger partial charge on any atom is 0.0300 e. The van der Waals surface area contributed by atoms with Crippen molar-refractivity contribution < 1.29 is 0 Å². The predicted molar refractivity (Wildman–Crippen MR) is 77.8 cm³/mol. The summed E-state index contributed by atoms with van der Waals surface area (Å²) < 4.78 is 0. The van der Waals surface area contributed by atoms with E-state index in [4.69, 9.17) is 5.73 Å². The lowest BCUT2D eigenvalue weighted by molar-refractivity contribution is 0.746. The van der Waals surface area contributed by atoms with Crippen LogP contribution < -0.4 is 5.73 Å². The Labute approximate surface area is 113 Å². The van der Waals surface area contributed by atoms with Crippen molar-refractivity contribution in [3.8, 4) is 0 Å². The fourth-order valence-corrected chi connectivity index (χ4v) is 2.76. The van der Waals surface area contributed by atoms with Crippen molar-refractivity contribution in [3.05, 3.63) is 59.9 Å². The van der Waals surface area contributed by atoms with Gasteiger partial charge in [0.25, 0.3) is 0 Å². The molecule has 2 rings (SSSR count). The lowest BCUT2D eigenvalue weighted by Crippen LogP contribution is -2.25. The van der Waals surface area contributed by atoms with Crippen LogP contribution in [-0.2, 0) is 6.42 Å². The molecule has 0 spiro atoms. The summed E-state index contributed by atoms with van der Waals surface area (Å²) in [6.07, 6.45) is 4.56. The fourth-order valence-electron chi connectivity index (χ4n) is 1.79. The fraction of sp³-hybridized carbons (Fsp3) is 0.267. The van der Waals surface area contributed by atoms with Gasteiger partial charge in [0.05, 0.1) is 0 Å². The highest BCUT2D eigenvalue weighted by Crippen LogP contribution is 2.20. The normalized spacial score (nSPS) is 12.3. The number of nitrogens with zero attached hydrogens (tertiary/aromatic N) is 1. The number of aryl methyl sites for hydroxylation is 1. The second-order valence-electron chi connectivity index (χ2n) is 4.45. The van der Waals surface area contributed by atoms with Crippen molar-refractivity contribution in [1.29, 1.82) is 0 Å². The van der Waals surface area contributed by atoms with Crippen molar-refractivity contribution in [2.75, 3.05) is 5.75 Å². The minimum Gasteiger partial charge on any atom is -0.327 e. The van der Waals surface area contributed by atoms with Crippen LogP contribution in [0.4, 0.5) is 0 Å². The van der Waals surface area contributed by atoms with Crippen LogP contribution in [0.3, 0.4) is 0 Å². The molecular formula is C15H18N2S. The molecule has 2 nitrogen and oxygen atoms in total. The average molecular weight is 258 g/mol. The third-order valence-corrected chi connectivity index (χ3v) is 3.86. The number of pyridine rings is 1. The lowest BCUT2D eigenvalue weighted by Gasteiger charge is -2.11. The third-order valence-electron chi connectivity index (χ3n) is 2.67. The van der Waals surface area contributed by atoms with Gasteiger partial charge in [-0.2, -0.15) is 0 Å². The van der Waals surface area contributed by atoms with Gasteiger partial charge in [-0.05, 0) is 37.1 Å². The van der Waals surface area contributed by atoms with E-state index >= 15 is 0 Å². The molecule has 0 saturated carbocycles. The second-order valence-corrected chi connectivity index (χ2v) is 5.55. The van der Waals surface area contributed by atoms with E-state index in [2.05, 4.69) is 42.2 Å². The molecule has 0 fully saturated rings. The van der Waals surface area contributed by atoms with Crippen LogP contribution in [0.2, 0.25) is 0 Å². The summed E-state index contributed by atoms with van der Waals surface area (Å²) in [5, 5.41) is 0. The molecule has 0 radical (unpaired) electrons. The van der Waals surface area contributed by atoms with E-state index in [1.165, 1.54) is 16.0 Å². The summed E-state index contributed by atoms with van der Waals surface area (Å²) >= 11 is 1.82. The Hall–Kier alpha value is -1.32. The number of rotatable bonds is 5. The Balaban J connectivity index is 1.83. The van der Waals surface area contributed by atoms with Crippen LogP contribution in [0.5, 0.6) is 0 Å². The van der Waals surface area contributed by atoms with E-state index in [1.807, 2.05) is 24.0 Å². The number of aromatic nitrogens is 1. The van der Waals surface area contributed by atoms with Crippen molar-refractivity contribution >= 4 is 11.8 Å². The molecule has 1 heterocycles. The van der Waals surface area contributed by atoms with Gasteiger partial charge >= 0.3 is 0 Å². The van der Waals surface area contributed by atoms with E-state index in [0.717, 1.165) is 12.2 Å². The molecule has 0 aliphatic carbocycles. The monoisotopic (exact) mass is 258 g/mol. The topological polar surface area (TPSA) is 38.9 Å². The van der Waals surface area contributed by atoms with E-state index in [1.54, 1.807) is 6.20 Å². The molecule has 18 heavy (non-hydrogen) atoms. The van der Waals surface area contributed by atoms with E-state index < -0.39 is 0 Å². The molecule has 1 unspecified atom stereocenters. The first-order valence-electron chi connectivity index (χ1n) is 6.08. The summed E-state index contributed by atoms with van der Waals surface area (Å²) in [7, 11) is 0.